The van der Waals surface area contributed by atoms with Gasteiger partial charge in [0.1, 0.15) is 11.2 Å². The number of rotatable bonds is 8. The van der Waals surface area contributed by atoms with E-state index in [1.807, 2.05) is 43.3 Å². The van der Waals surface area contributed by atoms with E-state index in [9.17, 15) is 4.79 Å². The summed E-state index contributed by atoms with van der Waals surface area (Å²) >= 11 is 0. The van der Waals surface area contributed by atoms with Gasteiger partial charge in [-0.1, -0.05) is 6.08 Å². The zero-order chi connectivity index (χ0) is 26.3. The summed E-state index contributed by atoms with van der Waals surface area (Å²) in [6.45, 7) is 3.96. The maximum Gasteiger partial charge on any atom is 0.248 e. The molecule has 194 valence electrons. The molecule has 1 fully saturated rings. The van der Waals surface area contributed by atoms with E-state index in [2.05, 4.69) is 42.6 Å². The Balaban J connectivity index is 1.35. The lowest BCUT2D eigenvalue weighted by atomic mass is 10.1. The van der Waals surface area contributed by atoms with E-state index >= 15 is 0 Å². The summed E-state index contributed by atoms with van der Waals surface area (Å²) in [4.78, 5) is 34.8. The lowest BCUT2D eigenvalue weighted by Crippen LogP contribution is -2.36. The number of likely N-dealkylation sites (N-methyl/N-ethyl adjacent to an activating group) is 1. The Morgan fingerprint density at radius 1 is 1.03 bits per heavy atom. The number of pyridine rings is 2. The van der Waals surface area contributed by atoms with Crippen molar-refractivity contribution in [3.8, 4) is 11.4 Å². The number of fused-ring (bicyclic) bond motifs is 1. The SMILES string of the molecule is CN(C)CC=CC(=O)Nc1ccnc(-c2nccc3cnc(Nc4ccc(N5CCOCC5)cc4)nc23)c1. The molecule has 0 radical (unpaired) electrons. The summed E-state index contributed by atoms with van der Waals surface area (Å²) < 4.78 is 5.44. The Bertz CT molecular complexity index is 1430. The number of nitrogens with one attached hydrogen (secondary N) is 2. The molecule has 1 aromatic carbocycles. The van der Waals surface area contributed by atoms with Gasteiger partial charge in [-0.2, -0.15) is 0 Å². The Morgan fingerprint density at radius 3 is 2.61 bits per heavy atom. The van der Waals surface area contributed by atoms with Crippen LogP contribution in [0.15, 0.2) is 73.2 Å². The first-order valence-corrected chi connectivity index (χ1v) is 12.5. The molecule has 1 saturated heterocycles. The van der Waals surface area contributed by atoms with Gasteiger partial charge >= 0.3 is 0 Å². The summed E-state index contributed by atoms with van der Waals surface area (Å²) in [5.41, 5.74) is 4.55. The van der Waals surface area contributed by atoms with Crippen LogP contribution in [0.5, 0.6) is 0 Å². The number of carbonyl (C=O) groups is 1. The van der Waals surface area contributed by atoms with E-state index in [0.717, 1.165) is 43.1 Å². The molecule has 5 rings (SSSR count). The van der Waals surface area contributed by atoms with Crippen molar-refractivity contribution < 1.29 is 9.53 Å². The van der Waals surface area contributed by atoms with Crippen LogP contribution < -0.4 is 15.5 Å². The molecule has 3 aromatic heterocycles. The maximum absolute atomic E-state index is 12.3. The zero-order valence-corrected chi connectivity index (χ0v) is 21.5. The molecule has 4 aromatic rings. The third-order valence-electron chi connectivity index (χ3n) is 6.01. The summed E-state index contributed by atoms with van der Waals surface area (Å²) in [5, 5.41) is 7.01. The standard InChI is InChI=1S/C28H30N8O2/c1-35(2)13-3-4-25(37)32-22-10-12-29-24(18-22)27-26-20(9-11-30-27)19-31-28(34-26)33-21-5-7-23(8-6-21)36-14-16-38-17-15-36/h3-12,18-19H,13-17H2,1-2H3,(H,29,32,37)(H,31,33,34). The van der Waals surface area contributed by atoms with E-state index in [1.165, 1.54) is 6.08 Å². The predicted molar refractivity (Wildman–Crippen MR) is 150 cm³/mol. The van der Waals surface area contributed by atoms with Gasteiger partial charge in [-0.3, -0.25) is 14.8 Å². The molecular formula is C28H30N8O2. The summed E-state index contributed by atoms with van der Waals surface area (Å²) in [6, 6.07) is 13.6. The average molecular weight is 511 g/mol. The van der Waals surface area contributed by atoms with Crippen LogP contribution in [0.25, 0.3) is 22.3 Å². The highest BCUT2D eigenvalue weighted by Crippen LogP contribution is 2.27. The molecule has 0 bridgehead atoms. The Morgan fingerprint density at radius 2 is 1.82 bits per heavy atom. The monoisotopic (exact) mass is 510 g/mol. The first-order valence-electron chi connectivity index (χ1n) is 12.5. The second-order valence-corrected chi connectivity index (χ2v) is 9.15. The maximum atomic E-state index is 12.3. The van der Waals surface area contributed by atoms with Gasteiger partial charge in [-0.25, -0.2) is 9.97 Å². The molecule has 1 aliphatic heterocycles. The molecule has 0 saturated carbocycles. The van der Waals surface area contributed by atoms with Crippen molar-refractivity contribution in [1.29, 1.82) is 0 Å². The largest absolute Gasteiger partial charge is 0.378 e. The van der Waals surface area contributed by atoms with Crippen LogP contribution in [-0.4, -0.2) is 77.7 Å². The smallest absolute Gasteiger partial charge is 0.248 e. The van der Waals surface area contributed by atoms with E-state index in [0.29, 0.717) is 35.1 Å². The van der Waals surface area contributed by atoms with E-state index in [1.54, 1.807) is 30.7 Å². The van der Waals surface area contributed by atoms with Crippen molar-refractivity contribution in [3.63, 3.8) is 0 Å². The second-order valence-electron chi connectivity index (χ2n) is 9.15. The summed E-state index contributed by atoms with van der Waals surface area (Å²) in [6.07, 6.45) is 8.44. The highest BCUT2D eigenvalue weighted by Gasteiger charge is 2.13. The Labute approximate surface area is 221 Å². The van der Waals surface area contributed by atoms with Crippen LogP contribution in [0.2, 0.25) is 0 Å². The lowest BCUT2D eigenvalue weighted by Gasteiger charge is -2.28. The van der Waals surface area contributed by atoms with Crippen molar-refractivity contribution >= 4 is 39.8 Å². The topological polar surface area (TPSA) is 108 Å². The fraction of sp³-hybridized carbons (Fsp3) is 0.250. The van der Waals surface area contributed by atoms with Gasteiger partial charge in [0, 0.05) is 66.7 Å². The van der Waals surface area contributed by atoms with Crippen LogP contribution in [-0.2, 0) is 9.53 Å². The van der Waals surface area contributed by atoms with Crippen LogP contribution in [0.3, 0.4) is 0 Å². The number of morpholine rings is 1. The fourth-order valence-electron chi connectivity index (χ4n) is 4.10. The van der Waals surface area contributed by atoms with Gasteiger partial charge in [0.25, 0.3) is 0 Å². The minimum Gasteiger partial charge on any atom is -0.378 e. The van der Waals surface area contributed by atoms with Gasteiger partial charge in [0.05, 0.1) is 18.9 Å². The number of hydrogen-bond donors (Lipinski definition) is 2. The molecule has 10 nitrogen and oxygen atoms in total. The molecule has 4 heterocycles. The van der Waals surface area contributed by atoms with Crippen molar-refractivity contribution in [2.24, 2.45) is 0 Å². The number of benzene rings is 1. The number of carbonyl (C=O) groups excluding carboxylic acids is 1. The lowest BCUT2D eigenvalue weighted by molar-refractivity contribution is -0.111. The molecule has 2 N–H and O–H groups in total. The molecule has 10 heteroatoms. The van der Waals surface area contributed by atoms with Gasteiger partial charge in [0.2, 0.25) is 11.9 Å². The molecule has 1 amide bonds. The quantitative estimate of drug-likeness (QED) is 0.343. The number of hydrogen-bond acceptors (Lipinski definition) is 9. The number of amides is 1. The average Bonchev–Trinajstić information content (AvgIpc) is 2.93. The molecule has 1 aliphatic rings. The molecule has 38 heavy (non-hydrogen) atoms. The van der Waals surface area contributed by atoms with Gasteiger partial charge in [0.15, 0.2) is 0 Å². The zero-order valence-electron chi connectivity index (χ0n) is 21.5. The number of nitrogens with zero attached hydrogens (tertiary/aromatic N) is 6. The first kappa shape index (κ1) is 25.2. The van der Waals surface area contributed by atoms with Crippen LogP contribution >= 0.6 is 0 Å². The van der Waals surface area contributed by atoms with Gasteiger partial charge in [-0.15, -0.1) is 0 Å². The predicted octanol–water partition coefficient (Wildman–Crippen LogP) is 3.72. The van der Waals surface area contributed by atoms with Crippen LogP contribution in [0.4, 0.5) is 23.0 Å². The normalized spacial score (nSPS) is 13.8. The van der Waals surface area contributed by atoms with E-state index in [-0.39, 0.29) is 5.91 Å². The second kappa shape index (κ2) is 11.8. The minimum atomic E-state index is -0.205. The molecule has 0 atom stereocenters. The number of aromatic nitrogens is 4. The minimum absolute atomic E-state index is 0.205. The van der Waals surface area contributed by atoms with Crippen molar-refractivity contribution in [1.82, 2.24) is 24.8 Å². The van der Waals surface area contributed by atoms with Crippen molar-refractivity contribution in [2.45, 2.75) is 0 Å². The Kier molecular flexibility index (Phi) is 7.81. The van der Waals surface area contributed by atoms with Crippen molar-refractivity contribution in [3.05, 3.63) is 73.2 Å². The molecule has 0 unspecified atom stereocenters. The van der Waals surface area contributed by atoms with Crippen LogP contribution in [0, 0.1) is 0 Å². The van der Waals surface area contributed by atoms with Gasteiger partial charge in [-0.05, 0) is 56.6 Å². The van der Waals surface area contributed by atoms with Gasteiger partial charge < -0.3 is 25.2 Å². The number of ether oxygens (including phenoxy) is 1. The Hall–Kier alpha value is -4.41. The fourth-order valence-corrected chi connectivity index (χ4v) is 4.10. The third kappa shape index (κ3) is 6.28. The van der Waals surface area contributed by atoms with Crippen LogP contribution in [0.1, 0.15) is 0 Å². The molecule has 0 aliphatic carbocycles. The highest BCUT2D eigenvalue weighted by atomic mass is 16.5. The van der Waals surface area contributed by atoms with E-state index in [4.69, 9.17) is 9.72 Å². The number of anilines is 4. The third-order valence-corrected chi connectivity index (χ3v) is 6.01. The first-order chi connectivity index (χ1) is 18.5. The van der Waals surface area contributed by atoms with E-state index < -0.39 is 0 Å². The summed E-state index contributed by atoms with van der Waals surface area (Å²) in [7, 11) is 3.89. The van der Waals surface area contributed by atoms with Crippen molar-refractivity contribution in [2.75, 3.05) is 62.5 Å². The highest BCUT2D eigenvalue weighted by molar-refractivity contribution is 6.00. The summed E-state index contributed by atoms with van der Waals surface area (Å²) in [5.74, 6) is 0.254. The molecular weight excluding hydrogens is 480 g/mol. The molecule has 0 spiro atoms.